The van der Waals surface area contributed by atoms with Crippen LogP contribution in [0.2, 0.25) is 0 Å². The van der Waals surface area contributed by atoms with Crippen LogP contribution in [0.4, 0.5) is 9.39 Å². The van der Waals surface area contributed by atoms with Gasteiger partial charge in [-0.05, 0) is 49.9 Å². The molecular formula is C24H22FN3O4S3. The molecule has 1 N–H and O–H groups in total. The van der Waals surface area contributed by atoms with E-state index in [1.165, 1.54) is 34.8 Å². The van der Waals surface area contributed by atoms with Crippen molar-refractivity contribution < 1.29 is 23.5 Å². The number of hydrogen-bond acceptors (Lipinski definition) is 7. The molecule has 2 aromatic heterocycles. The van der Waals surface area contributed by atoms with Gasteiger partial charge in [0.1, 0.15) is 10.8 Å². The first-order valence-electron chi connectivity index (χ1n) is 10.9. The number of thiazole rings is 1. The van der Waals surface area contributed by atoms with Gasteiger partial charge >= 0.3 is 5.97 Å². The van der Waals surface area contributed by atoms with E-state index in [2.05, 4.69) is 16.2 Å². The molecular weight excluding hydrogens is 509 g/mol. The van der Waals surface area contributed by atoms with Gasteiger partial charge in [-0.1, -0.05) is 17.3 Å². The van der Waals surface area contributed by atoms with E-state index in [0.29, 0.717) is 25.6 Å². The lowest BCUT2D eigenvalue weighted by Gasteiger charge is -2.07. The van der Waals surface area contributed by atoms with Crippen molar-refractivity contribution in [3.63, 3.8) is 0 Å². The zero-order valence-electron chi connectivity index (χ0n) is 18.9. The number of aromatic nitrogens is 1. The second-order valence-corrected chi connectivity index (χ2v) is 10.7. The molecule has 182 valence electrons. The molecule has 1 aliphatic carbocycles. The molecule has 4 rings (SSSR count). The van der Waals surface area contributed by atoms with Gasteiger partial charge in [0.15, 0.2) is 4.80 Å². The smallest absolute Gasteiger partial charge is 0.341 e. The maximum absolute atomic E-state index is 13.6. The summed E-state index contributed by atoms with van der Waals surface area (Å²) in [6.45, 7) is 2.20. The van der Waals surface area contributed by atoms with Gasteiger partial charge in [0.2, 0.25) is 5.91 Å². The van der Waals surface area contributed by atoms with Crippen molar-refractivity contribution in [3.8, 4) is 12.3 Å². The summed E-state index contributed by atoms with van der Waals surface area (Å²) in [5.41, 5.74) is 2.12. The van der Waals surface area contributed by atoms with E-state index < -0.39 is 11.9 Å². The predicted octanol–water partition coefficient (Wildman–Crippen LogP) is 4.00. The molecule has 2 amide bonds. The second kappa shape index (κ2) is 11.2. The lowest BCUT2D eigenvalue weighted by molar-refractivity contribution is -0.115. The van der Waals surface area contributed by atoms with Gasteiger partial charge in [-0.15, -0.1) is 29.5 Å². The average molecular weight is 532 g/mol. The minimum Gasteiger partial charge on any atom is -0.462 e. The quantitative estimate of drug-likeness (QED) is 0.351. The van der Waals surface area contributed by atoms with Crippen LogP contribution >= 0.6 is 34.4 Å². The first-order valence-corrected chi connectivity index (χ1v) is 13.7. The number of esters is 1. The van der Waals surface area contributed by atoms with Gasteiger partial charge in [-0.3, -0.25) is 9.59 Å². The minimum atomic E-state index is -0.428. The molecule has 0 saturated carbocycles. The molecule has 35 heavy (non-hydrogen) atoms. The second-order valence-electron chi connectivity index (χ2n) is 7.62. The van der Waals surface area contributed by atoms with Crippen LogP contribution in [0, 0.1) is 18.2 Å². The summed E-state index contributed by atoms with van der Waals surface area (Å²) in [6.07, 6.45) is 8.11. The first-order chi connectivity index (χ1) is 16.9. The maximum atomic E-state index is 13.6. The molecule has 1 aromatic carbocycles. The molecule has 0 unspecified atom stereocenters. The van der Waals surface area contributed by atoms with E-state index >= 15 is 0 Å². The fourth-order valence-electron chi connectivity index (χ4n) is 3.82. The fourth-order valence-corrected chi connectivity index (χ4v) is 6.78. The average Bonchev–Trinajstić information content (AvgIpc) is 3.47. The Kier molecular flexibility index (Phi) is 8.05. The summed E-state index contributed by atoms with van der Waals surface area (Å²) in [5.74, 6) is 0.981. The van der Waals surface area contributed by atoms with E-state index in [4.69, 9.17) is 11.2 Å². The summed E-state index contributed by atoms with van der Waals surface area (Å²) in [4.78, 5) is 43.0. The Balaban J connectivity index is 1.40. The number of nitrogens with one attached hydrogen (secondary N) is 1. The molecule has 0 aliphatic heterocycles. The van der Waals surface area contributed by atoms with Gasteiger partial charge in [0, 0.05) is 4.88 Å². The van der Waals surface area contributed by atoms with Crippen LogP contribution in [0.1, 0.15) is 34.1 Å². The highest BCUT2D eigenvalue weighted by atomic mass is 32.2. The van der Waals surface area contributed by atoms with Crippen LogP contribution < -0.4 is 10.1 Å². The molecule has 0 saturated heterocycles. The Morgan fingerprint density at radius 2 is 2.11 bits per heavy atom. The number of amides is 2. The number of carbonyl (C=O) groups excluding carboxylic acids is 3. The SMILES string of the molecule is C#CCn1c(=NC(=O)CSCC(=O)Nc2sc3c(c2C(=O)OCC)CCC3)sc2cc(F)ccc21. The van der Waals surface area contributed by atoms with Crippen LogP contribution in [0.5, 0.6) is 0 Å². The maximum Gasteiger partial charge on any atom is 0.341 e. The molecule has 3 aromatic rings. The third-order valence-electron chi connectivity index (χ3n) is 5.23. The standard InChI is InChI=1S/C24H22FN3O4S3/c1-3-10-28-16-9-8-14(25)11-18(16)35-24(28)27-20(30)13-33-12-19(29)26-22-21(23(31)32-4-2)15-6-5-7-17(15)34-22/h1,8-9,11H,4-7,10,12-13H2,2H3,(H,26,29). The van der Waals surface area contributed by atoms with Gasteiger partial charge in [0.25, 0.3) is 5.91 Å². The highest BCUT2D eigenvalue weighted by Crippen LogP contribution is 2.39. The Morgan fingerprint density at radius 1 is 1.29 bits per heavy atom. The highest BCUT2D eigenvalue weighted by Gasteiger charge is 2.28. The molecule has 7 nitrogen and oxygen atoms in total. The summed E-state index contributed by atoms with van der Waals surface area (Å²) >= 11 is 3.71. The lowest BCUT2D eigenvalue weighted by Crippen LogP contribution is -2.19. The number of halogens is 1. The number of terminal acetylenes is 1. The summed E-state index contributed by atoms with van der Waals surface area (Å²) in [7, 11) is 0. The number of rotatable bonds is 8. The largest absolute Gasteiger partial charge is 0.462 e. The number of aryl methyl sites for hydroxylation is 1. The van der Waals surface area contributed by atoms with Crippen LogP contribution in [0.25, 0.3) is 10.2 Å². The molecule has 0 radical (unpaired) electrons. The highest BCUT2D eigenvalue weighted by molar-refractivity contribution is 8.00. The van der Waals surface area contributed by atoms with E-state index in [-0.39, 0.29) is 36.4 Å². The number of hydrogen-bond donors (Lipinski definition) is 1. The molecule has 11 heteroatoms. The van der Waals surface area contributed by atoms with Gasteiger partial charge in [-0.2, -0.15) is 4.99 Å². The monoisotopic (exact) mass is 531 g/mol. The van der Waals surface area contributed by atoms with Crippen molar-refractivity contribution in [3.05, 3.63) is 44.8 Å². The van der Waals surface area contributed by atoms with Crippen molar-refractivity contribution in [2.75, 3.05) is 23.4 Å². The van der Waals surface area contributed by atoms with Crippen molar-refractivity contribution in [1.82, 2.24) is 4.57 Å². The molecule has 1 aliphatic rings. The van der Waals surface area contributed by atoms with E-state index in [0.717, 1.165) is 41.5 Å². The zero-order valence-corrected chi connectivity index (χ0v) is 21.3. The normalized spacial score (nSPS) is 13.0. The number of carbonyl (C=O) groups is 3. The van der Waals surface area contributed by atoms with Crippen LogP contribution in [-0.4, -0.2) is 40.5 Å². The van der Waals surface area contributed by atoms with Gasteiger partial charge in [0.05, 0.1) is 40.4 Å². The topological polar surface area (TPSA) is 89.8 Å². The number of thioether (sulfide) groups is 1. The third-order valence-corrected chi connectivity index (χ3v) is 8.39. The van der Waals surface area contributed by atoms with Gasteiger partial charge < -0.3 is 14.6 Å². The number of benzene rings is 1. The van der Waals surface area contributed by atoms with Gasteiger partial charge in [-0.25, -0.2) is 9.18 Å². The Morgan fingerprint density at radius 3 is 2.89 bits per heavy atom. The Labute approximate surface area is 213 Å². The number of nitrogens with zero attached hydrogens (tertiary/aromatic N) is 2. The third kappa shape index (κ3) is 5.66. The van der Waals surface area contributed by atoms with E-state index in [9.17, 15) is 18.8 Å². The van der Waals surface area contributed by atoms with Crippen molar-refractivity contribution >= 4 is 67.4 Å². The number of thiophene rings is 1. The molecule has 0 bridgehead atoms. The van der Waals surface area contributed by atoms with E-state index in [1.807, 2.05) is 0 Å². The van der Waals surface area contributed by atoms with E-state index in [1.54, 1.807) is 17.6 Å². The van der Waals surface area contributed by atoms with Crippen LogP contribution in [0.3, 0.4) is 0 Å². The van der Waals surface area contributed by atoms with Crippen LogP contribution in [-0.2, 0) is 33.7 Å². The fraction of sp³-hybridized carbons (Fsp3) is 0.333. The Bertz CT molecular complexity index is 1410. The number of anilines is 1. The lowest BCUT2D eigenvalue weighted by atomic mass is 10.1. The minimum absolute atomic E-state index is 0.0161. The first kappa shape index (κ1) is 25.2. The molecule has 0 fully saturated rings. The number of fused-ring (bicyclic) bond motifs is 2. The van der Waals surface area contributed by atoms with Crippen molar-refractivity contribution in [1.29, 1.82) is 0 Å². The zero-order chi connectivity index (χ0) is 24.9. The summed E-state index contributed by atoms with van der Waals surface area (Å²) in [5, 5.41) is 3.31. The Hall–Kier alpha value is -2.94. The summed E-state index contributed by atoms with van der Waals surface area (Å²) < 4.78 is 21.1. The molecule has 0 atom stereocenters. The van der Waals surface area contributed by atoms with Crippen molar-refractivity contribution in [2.45, 2.75) is 32.7 Å². The number of ether oxygens (including phenoxy) is 1. The van der Waals surface area contributed by atoms with Crippen molar-refractivity contribution in [2.24, 2.45) is 4.99 Å². The molecule has 0 spiro atoms. The van der Waals surface area contributed by atoms with Crippen LogP contribution in [0.15, 0.2) is 23.2 Å². The summed E-state index contributed by atoms with van der Waals surface area (Å²) in [6, 6.07) is 4.31. The predicted molar refractivity (Wildman–Crippen MR) is 137 cm³/mol. The molecule has 2 heterocycles.